The molecule has 0 aromatic heterocycles. The number of halogens is 1. The maximum absolute atomic E-state index is 4.45. The van der Waals surface area contributed by atoms with Crippen molar-refractivity contribution >= 4 is 41.7 Å². The van der Waals surface area contributed by atoms with Gasteiger partial charge in [-0.3, -0.25) is 4.99 Å². The van der Waals surface area contributed by atoms with Crippen molar-refractivity contribution in [1.29, 1.82) is 0 Å². The van der Waals surface area contributed by atoms with Crippen LogP contribution in [-0.2, 0) is 0 Å². The largest absolute Gasteiger partial charge is 0.355 e. The lowest BCUT2D eigenvalue weighted by molar-refractivity contribution is 0.151. The Morgan fingerprint density at radius 1 is 1.37 bits per heavy atom. The highest BCUT2D eigenvalue weighted by atomic mass is 127. The normalized spacial score (nSPS) is 22.1. The second kappa shape index (κ2) is 6.87. The first-order chi connectivity index (χ1) is 8.50. The van der Waals surface area contributed by atoms with E-state index >= 15 is 0 Å². The Labute approximate surface area is 139 Å². The minimum absolute atomic E-state index is 0. The van der Waals surface area contributed by atoms with Gasteiger partial charge in [-0.25, -0.2) is 0 Å². The summed E-state index contributed by atoms with van der Waals surface area (Å²) in [5.41, 5.74) is 0.645. The molecule has 0 aromatic rings. The Hall–Kier alpha value is 0.350. The third-order valence-corrected chi connectivity index (χ3v) is 5.84. The van der Waals surface area contributed by atoms with Crippen molar-refractivity contribution in [3.05, 3.63) is 0 Å². The average Bonchev–Trinajstić information content (AvgIpc) is 2.75. The van der Waals surface area contributed by atoms with Gasteiger partial charge in [0, 0.05) is 31.4 Å². The zero-order valence-electron chi connectivity index (χ0n) is 12.7. The molecular weight excluding hydrogens is 369 g/mol. The molecule has 0 aromatic carbocycles. The molecule has 1 saturated carbocycles. The lowest BCUT2D eigenvalue weighted by Crippen LogP contribution is -2.46. The fourth-order valence-electron chi connectivity index (χ4n) is 2.90. The summed E-state index contributed by atoms with van der Waals surface area (Å²) in [6, 6.07) is 0. The van der Waals surface area contributed by atoms with Crippen molar-refractivity contribution < 1.29 is 0 Å². The summed E-state index contributed by atoms with van der Waals surface area (Å²) in [5.74, 6) is 1.10. The summed E-state index contributed by atoms with van der Waals surface area (Å²) in [4.78, 5) is 6.91. The highest BCUT2D eigenvalue weighted by molar-refractivity contribution is 14.0. The van der Waals surface area contributed by atoms with E-state index in [0.717, 1.165) is 12.5 Å². The lowest BCUT2D eigenvalue weighted by Gasteiger charge is -2.38. The minimum atomic E-state index is 0. The Morgan fingerprint density at radius 2 is 2.05 bits per heavy atom. The van der Waals surface area contributed by atoms with Crippen LogP contribution in [0.3, 0.4) is 0 Å². The number of nitrogens with zero attached hydrogens (tertiary/aromatic N) is 2. The fraction of sp³-hybridized carbons (Fsp3) is 0.929. The van der Waals surface area contributed by atoms with Crippen LogP contribution in [0.4, 0.5) is 0 Å². The lowest BCUT2D eigenvalue weighted by atomic mass is 9.68. The van der Waals surface area contributed by atoms with Crippen LogP contribution in [0.15, 0.2) is 4.99 Å². The van der Waals surface area contributed by atoms with E-state index in [4.69, 9.17) is 0 Å². The number of guanidine groups is 1. The molecule has 0 atom stereocenters. The molecule has 1 spiro atoms. The van der Waals surface area contributed by atoms with Gasteiger partial charge in [0.1, 0.15) is 0 Å². The molecule has 0 radical (unpaired) electrons. The van der Waals surface area contributed by atoms with Gasteiger partial charge < -0.3 is 10.2 Å². The number of likely N-dealkylation sites (tertiary alicyclic amines) is 1. The van der Waals surface area contributed by atoms with Gasteiger partial charge >= 0.3 is 0 Å². The van der Waals surface area contributed by atoms with Crippen molar-refractivity contribution in [3.63, 3.8) is 0 Å². The van der Waals surface area contributed by atoms with Crippen molar-refractivity contribution in [2.75, 3.05) is 32.9 Å². The number of rotatable bonds is 3. The van der Waals surface area contributed by atoms with Gasteiger partial charge in [0.15, 0.2) is 5.96 Å². The van der Waals surface area contributed by atoms with E-state index in [-0.39, 0.29) is 28.7 Å². The van der Waals surface area contributed by atoms with Crippen molar-refractivity contribution in [2.24, 2.45) is 10.4 Å². The second-order valence-corrected chi connectivity index (χ2v) is 7.90. The highest BCUT2D eigenvalue weighted by Crippen LogP contribution is 2.47. The molecule has 112 valence electrons. The van der Waals surface area contributed by atoms with Gasteiger partial charge in [-0.15, -0.1) is 24.0 Å². The van der Waals surface area contributed by atoms with Crippen molar-refractivity contribution in [3.8, 4) is 0 Å². The second-order valence-electron chi connectivity index (χ2n) is 6.39. The van der Waals surface area contributed by atoms with E-state index in [2.05, 4.69) is 35.3 Å². The zero-order valence-corrected chi connectivity index (χ0v) is 15.8. The highest BCUT2D eigenvalue weighted by Gasteiger charge is 2.43. The van der Waals surface area contributed by atoms with E-state index in [1.165, 1.54) is 38.8 Å². The Bertz CT molecular complexity index is 327. The van der Waals surface area contributed by atoms with E-state index in [1.54, 1.807) is 0 Å². The molecule has 19 heavy (non-hydrogen) atoms. The Kier molecular flexibility index (Phi) is 6.29. The topological polar surface area (TPSA) is 27.6 Å². The van der Waals surface area contributed by atoms with Gasteiger partial charge in [-0.05, 0) is 44.8 Å². The van der Waals surface area contributed by atoms with Crippen molar-refractivity contribution in [1.82, 2.24) is 10.2 Å². The first-order valence-electron chi connectivity index (χ1n) is 7.01. The molecular formula is C14H28IN3S. The Morgan fingerprint density at radius 3 is 2.47 bits per heavy atom. The molecule has 1 heterocycles. The average molecular weight is 397 g/mol. The maximum Gasteiger partial charge on any atom is 0.193 e. The molecule has 2 aliphatic rings. The number of nitrogens with one attached hydrogen (secondary N) is 1. The summed E-state index contributed by atoms with van der Waals surface area (Å²) < 4.78 is 0.268. The first kappa shape index (κ1) is 17.4. The molecule has 1 aliphatic carbocycles. The molecule has 0 amide bonds. The van der Waals surface area contributed by atoms with Crippen molar-refractivity contribution in [2.45, 2.75) is 44.3 Å². The zero-order chi connectivity index (χ0) is 13.2. The minimum Gasteiger partial charge on any atom is -0.355 e. The van der Waals surface area contributed by atoms with E-state index in [0.29, 0.717) is 5.41 Å². The molecule has 1 saturated heterocycles. The molecule has 1 N–H and O–H groups in total. The van der Waals surface area contributed by atoms with Gasteiger partial charge in [0.2, 0.25) is 0 Å². The summed E-state index contributed by atoms with van der Waals surface area (Å²) in [7, 11) is 1.90. The summed E-state index contributed by atoms with van der Waals surface area (Å²) in [6.45, 7) is 7.92. The standard InChI is InChI=1S/C14H27N3S.HI/c1-13(2,18-4)10-16-12(15-3)17-9-8-14(11-17)6-5-7-14;/h5-11H2,1-4H3,(H,15,16);1H. The van der Waals surface area contributed by atoms with Crippen LogP contribution in [0.1, 0.15) is 39.5 Å². The quantitative estimate of drug-likeness (QED) is 0.450. The van der Waals surface area contributed by atoms with E-state index in [1.807, 2.05) is 18.8 Å². The van der Waals surface area contributed by atoms with E-state index in [9.17, 15) is 0 Å². The third kappa shape index (κ3) is 4.16. The fourth-order valence-corrected chi connectivity index (χ4v) is 3.11. The molecule has 2 rings (SSSR count). The van der Waals surface area contributed by atoms with Crippen LogP contribution in [0.5, 0.6) is 0 Å². The Balaban J connectivity index is 0.00000180. The van der Waals surface area contributed by atoms with Gasteiger partial charge in [0.25, 0.3) is 0 Å². The SMILES string of the molecule is CN=C(NCC(C)(C)SC)N1CCC2(CCC2)C1.I. The van der Waals surface area contributed by atoms with Crippen LogP contribution in [-0.4, -0.2) is 48.5 Å². The first-order valence-corrected chi connectivity index (χ1v) is 8.24. The third-order valence-electron chi connectivity index (χ3n) is 4.59. The molecule has 0 unspecified atom stereocenters. The summed E-state index contributed by atoms with van der Waals surface area (Å²) in [5, 5.41) is 3.54. The molecule has 1 aliphatic heterocycles. The predicted octanol–water partition coefficient (Wildman–Crippen LogP) is 3.20. The number of aliphatic imine (C=N–C) groups is 1. The number of hydrogen-bond donors (Lipinski definition) is 1. The molecule has 0 bridgehead atoms. The molecule has 2 fully saturated rings. The van der Waals surface area contributed by atoms with E-state index < -0.39 is 0 Å². The van der Waals surface area contributed by atoms with Gasteiger partial charge in [-0.2, -0.15) is 11.8 Å². The van der Waals surface area contributed by atoms with Crippen LogP contribution < -0.4 is 5.32 Å². The predicted molar refractivity (Wildman–Crippen MR) is 96.8 cm³/mol. The molecule has 5 heteroatoms. The van der Waals surface area contributed by atoms with Crippen LogP contribution in [0.2, 0.25) is 0 Å². The summed E-state index contributed by atoms with van der Waals surface area (Å²) in [6.07, 6.45) is 7.82. The van der Waals surface area contributed by atoms with Gasteiger partial charge in [0.05, 0.1) is 0 Å². The van der Waals surface area contributed by atoms with Crippen LogP contribution in [0, 0.1) is 5.41 Å². The number of thioether (sulfide) groups is 1. The van der Waals surface area contributed by atoms with Crippen LogP contribution >= 0.6 is 35.7 Å². The van der Waals surface area contributed by atoms with Gasteiger partial charge in [-0.1, -0.05) is 6.42 Å². The number of hydrogen-bond acceptors (Lipinski definition) is 2. The smallest absolute Gasteiger partial charge is 0.193 e. The van der Waals surface area contributed by atoms with Crippen LogP contribution in [0.25, 0.3) is 0 Å². The molecule has 3 nitrogen and oxygen atoms in total. The summed E-state index contributed by atoms with van der Waals surface area (Å²) >= 11 is 1.90. The maximum atomic E-state index is 4.45. The monoisotopic (exact) mass is 397 g/mol.